The van der Waals surface area contributed by atoms with Crippen LogP contribution in [0.4, 0.5) is 0 Å². The summed E-state index contributed by atoms with van der Waals surface area (Å²) < 4.78 is 0. The normalized spacial score (nSPS) is 14.3. The molecule has 2 N–H and O–H groups in total. The summed E-state index contributed by atoms with van der Waals surface area (Å²) in [7, 11) is 2.21. The fourth-order valence-corrected chi connectivity index (χ4v) is 1.96. The average Bonchev–Trinajstić information content (AvgIpc) is 2.12. The van der Waals surface area contributed by atoms with Gasteiger partial charge in [0.25, 0.3) is 0 Å². The van der Waals surface area contributed by atoms with Gasteiger partial charge in [-0.1, -0.05) is 6.92 Å². The van der Waals surface area contributed by atoms with Crippen molar-refractivity contribution >= 4 is 0 Å². The van der Waals surface area contributed by atoms with Crippen LogP contribution in [0.15, 0.2) is 0 Å². The van der Waals surface area contributed by atoms with Gasteiger partial charge in [-0.2, -0.15) is 0 Å². The molecule has 0 saturated carbocycles. The summed E-state index contributed by atoms with van der Waals surface area (Å²) in [5.74, 6) is 0. The van der Waals surface area contributed by atoms with Crippen LogP contribution in [0.2, 0.25) is 0 Å². The molecule has 0 aromatic heterocycles. The Kier molecular flexibility index (Phi) is 6.31. The molecule has 0 aliphatic carbocycles. The first-order valence-corrected chi connectivity index (χ1v) is 7.11. The second kappa shape index (κ2) is 6.36. The second-order valence-corrected chi connectivity index (χ2v) is 7.69. The summed E-state index contributed by atoms with van der Waals surface area (Å²) in [5.41, 5.74) is 0.484. The molecule has 18 heavy (non-hydrogen) atoms. The molecular formula is C15H35N3. The van der Waals surface area contributed by atoms with E-state index in [0.29, 0.717) is 0 Å². The third kappa shape index (κ3) is 7.34. The first-order chi connectivity index (χ1) is 7.90. The molecule has 0 rings (SSSR count). The van der Waals surface area contributed by atoms with Crippen molar-refractivity contribution in [1.82, 2.24) is 15.5 Å². The lowest BCUT2D eigenvalue weighted by atomic mass is 9.97. The van der Waals surface area contributed by atoms with Gasteiger partial charge < -0.3 is 10.6 Å². The van der Waals surface area contributed by atoms with E-state index in [2.05, 4.69) is 78.0 Å². The second-order valence-electron chi connectivity index (χ2n) is 7.69. The highest BCUT2D eigenvalue weighted by atomic mass is 15.2. The molecule has 0 aliphatic rings. The van der Waals surface area contributed by atoms with Crippen LogP contribution in [0.3, 0.4) is 0 Å². The predicted octanol–water partition coefficient (Wildman–Crippen LogP) is 2.47. The van der Waals surface area contributed by atoms with Crippen LogP contribution in [-0.2, 0) is 0 Å². The number of nitrogens with zero attached hydrogens (tertiary/aromatic N) is 1. The van der Waals surface area contributed by atoms with Gasteiger partial charge in [0.2, 0.25) is 0 Å². The third-order valence-electron chi connectivity index (χ3n) is 3.37. The minimum atomic E-state index is 0.153. The largest absolute Gasteiger partial charge is 0.311 e. The molecule has 0 atom stereocenters. The van der Waals surface area contributed by atoms with Crippen molar-refractivity contribution in [2.75, 3.05) is 26.7 Å². The SMILES string of the molecule is CCNC(C)(C)CN(C)C(C)(C)CNC(C)(C)C. The lowest BCUT2D eigenvalue weighted by Gasteiger charge is -2.42. The summed E-state index contributed by atoms with van der Waals surface area (Å²) >= 11 is 0. The molecule has 0 unspecified atom stereocenters. The van der Waals surface area contributed by atoms with Gasteiger partial charge in [0, 0.05) is 29.7 Å². The van der Waals surface area contributed by atoms with Crippen molar-refractivity contribution in [2.24, 2.45) is 0 Å². The van der Waals surface area contributed by atoms with E-state index in [1.165, 1.54) is 0 Å². The van der Waals surface area contributed by atoms with Crippen LogP contribution in [0, 0.1) is 0 Å². The van der Waals surface area contributed by atoms with Crippen molar-refractivity contribution in [2.45, 2.75) is 72.0 Å². The Hall–Kier alpha value is -0.120. The zero-order chi connectivity index (χ0) is 14.6. The van der Waals surface area contributed by atoms with Crippen LogP contribution in [0.5, 0.6) is 0 Å². The van der Waals surface area contributed by atoms with E-state index < -0.39 is 0 Å². The highest BCUT2D eigenvalue weighted by Crippen LogP contribution is 2.16. The van der Waals surface area contributed by atoms with Crippen molar-refractivity contribution in [3.05, 3.63) is 0 Å². The molecule has 3 nitrogen and oxygen atoms in total. The van der Waals surface area contributed by atoms with Gasteiger partial charge >= 0.3 is 0 Å². The molecule has 0 spiro atoms. The number of nitrogens with one attached hydrogen (secondary N) is 2. The first kappa shape index (κ1) is 17.9. The molecule has 0 aromatic carbocycles. The number of hydrogen-bond acceptors (Lipinski definition) is 3. The smallest absolute Gasteiger partial charge is 0.0275 e. The average molecular weight is 257 g/mol. The quantitative estimate of drug-likeness (QED) is 0.734. The molecule has 0 bridgehead atoms. The summed E-state index contributed by atoms with van der Waals surface area (Å²) in [6.07, 6.45) is 0. The van der Waals surface area contributed by atoms with Crippen LogP contribution in [0.25, 0.3) is 0 Å². The topological polar surface area (TPSA) is 27.3 Å². The van der Waals surface area contributed by atoms with Gasteiger partial charge in [-0.25, -0.2) is 0 Å². The maximum atomic E-state index is 3.60. The first-order valence-electron chi connectivity index (χ1n) is 7.11. The van der Waals surface area contributed by atoms with Gasteiger partial charge in [0.15, 0.2) is 0 Å². The zero-order valence-electron chi connectivity index (χ0n) is 14.1. The monoisotopic (exact) mass is 257 g/mol. The van der Waals surface area contributed by atoms with Gasteiger partial charge in [0.1, 0.15) is 0 Å². The van der Waals surface area contributed by atoms with Crippen molar-refractivity contribution in [3.63, 3.8) is 0 Å². The summed E-state index contributed by atoms with van der Waals surface area (Å²) in [4.78, 5) is 2.44. The summed E-state index contributed by atoms with van der Waals surface area (Å²) in [5, 5.41) is 7.13. The van der Waals surface area contributed by atoms with E-state index in [-0.39, 0.29) is 16.6 Å². The van der Waals surface area contributed by atoms with Crippen LogP contribution in [-0.4, -0.2) is 48.2 Å². The minimum Gasteiger partial charge on any atom is -0.311 e. The predicted molar refractivity (Wildman–Crippen MR) is 82.2 cm³/mol. The Balaban J connectivity index is 4.42. The number of likely N-dealkylation sites (N-methyl/N-ethyl adjacent to an activating group) is 2. The van der Waals surface area contributed by atoms with Crippen LogP contribution in [0.1, 0.15) is 55.4 Å². The fraction of sp³-hybridized carbons (Fsp3) is 1.00. The minimum absolute atomic E-state index is 0.153. The lowest BCUT2D eigenvalue weighted by Crippen LogP contribution is -2.58. The summed E-state index contributed by atoms with van der Waals surface area (Å²) in [6, 6.07) is 0. The van der Waals surface area contributed by atoms with E-state index >= 15 is 0 Å². The van der Waals surface area contributed by atoms with E-state index in [1.54, 1.807) is 0 Å². The van der Waals surface area contributed by atoms with Gasteiger partial charge in [0.05, 0.1) is 0 Å². The molecule has 0 radical (unpaired) electrons. The molecule has 0 amide bonds. The Morgan fingerprint density at radius 2 is 1.39 bits per heavy atom. The Morgan fingerprint density at radius 3 is 1.78 bits per heavy atom. The van der Waals surface area contributed by atoms with Crippen molar-refractivity contribution in [3.8, 4) is 0 Å². The molecule has 0 saturated heterocycles. The molecule has 3 heteroatoms. The number of rotatable bonds is 7. The van der Waals surface area contributed by atoms with Crippen molar-refractivity contribution in [1.29, 1.82) is 0 Å². The van der Waals surface area contributed by atoms with Crippen LogP contribution < -0.4 is 10.6 Å². The Bertz CT molecular complexity index is 239. The number of hydrogen-bond donors (Lipinski definition) is 2. The molecule has 0 aromatic rings. The third-order valence-corrected chi connectivity index (χ3v) is 3.37. The lowest BCUT2D eigenvalue weighted by molar-refractivity contribution is 0.110. The van der Waals surface area contributed by atoms with E-state index in [1.807, 2.05) is 0 Å². The molecular weight excluding hydrogens is 222 g/mol. The Morgan fingerprint density at radius 1 is 0.889 bits per heavy atom. The molecule has 0 aliphatic heterocycles. The Labute approximate surface area is 115 Å². The van der Waals surface area contributed by atoms with Crippen molar-refractivity contribution < 1.29 is 0 Å². The standard InChI is InChI=1S/C15H35N3/c1-10-16-14(5,6)12-18(9)15(7,8)11-17-13(2,3)4/h16-17H,10-12H2,1-9H3. The molecule has 0 heterocycles. The van der Waals surface area contributed by atoms with Gasteiger partial charge in [-0.3, -0.25) is 4.90 Å². The maximum Gasteiger partial charge on any atom is 0.0275 e. The highest BCUT2D eigenvalue weighted by molar-refractivity contribution is 4.90. The molecule has 0 fully saturated rings. The fourth-order valence-electron chi connectivity index (χ4n) is 1.96. The maximum absolute atomic E-state index is 3.60. The van der Waals surface area contributed by atoms with Crippen LogP contribution >= 0.6 is 0 Å². The summed E-state index contributed by atoms with van der Waals surface area (Å²) in [6.45, 7) is 21.0. The van der Waals surface area contributed by atoms with Gasteiger partial charge in [-0.05, 0) is 62.1 Å². The zero-order valence-corrected chi connectivity index (χ0v) is 14.1. The van der Waals surface area contributed by atoms with E-state index in [9.17, 15) is 0 Å². The van der Waals surface area contributed by atoms with E-state index in [4.69, 9.17) is 0 Å². The highest BCUT2D eigenvalue weighted by Gasteiger charge is 2.29. The molecule has 110 valence electrons. The van der Waals surface area contributed by atoms with E-state index in [0.717, 1.165) is 19.6 Å². The van der Waals surface area contributed by atoms with Gasteiger partial charge in [-0.15, -0.1) is 0 Å².